The minimum absolute atomic E-state index is 0.108. The van der Waals surface area contributed by atoms with Gasteiger partial charge in [-0.05, 0) is 79.6 Å². The number of hydrogen-bond donors (Lipinski definition) is 3. The van der Waals surface area contributed by atoms with Crippen molar-refractivity contribution in [3.63, 3.8) is 0 Å². The lowest BCUT2D eigenvalue weighted by Crippen LogP contribution is -2.30. The Bertz CT molecular complexity index is 2150. The summed E-state index contributed by atoms with van der Waals surface area (Å²) in [5.74, 6) is -1.00. The number of aryl methyl sites for hydroxylation is 2. The van der Waals surface area contributed by atoms with Gasteiger partial charge in [-0.1, -0.05) is 90.5 Å². The second-order valence-electron chi connectivity index (χ2n) is 11.5. The fourth-order valence-electron chi connectivity index (χ4n) is 5.18. The number of fused-ring (bicyclic) bond motifs is 1. The molecule has 0 fully saturated rings. The number of rotatable bonds is 10. The van der Waals surface area contributed by atoms with E-state index in [1.165, 1.54) is 28.7 Å². The minimum Gasteiger partial charge on any atom is -0.321 e. The van der Waals surface area contributed by atoms with E-state index in [1.807, 2.05) is 106 Å². The summed E-state index contributed by atoms with van der Waals surface area (Å²) in [6, 6.07) is 37.9. The van der Waals surface area contributed by atoms with E-state index in [0.29, 0.717) is 16.4 Å². The molecule has 7 nitrogen and oxygen atoms in total. The number of nitrogens with one attached hydrogen (secondary N) is 3. The highest BCUT2D eigenvalue weighted by atomic mass is 32.2. The van der Waals surface area contributed by atoms with Crippen molar-refractivity contribution in [2.24, 2.45) is 0 Å². The number of nitrogens with zero attached hydrogens (tertiary/aromatic N) is 1. The van der Waals surface area contributed by atoms with Gasteiger partial charge in [0.15, 0.2) is 5.13 Å². The van der Waals surface area contributed by atoms with Crippen molar-refractivity contribution >= 4 is 68.5 Å². The van der Waals surface area contributed by atoms with Gasteiger partial charge in [-0.25, -0.2) is 4.98 Å². The molecule has 0 aliphatic carbocycles. The average molecular weight is 683 g/mol. The van der Waals surface area contributed by atoms with Crippen molar-refractivity contribution in [2.75, 3.05) is 10.6 Å². The topological polar surface area (TPSA) is 100 Å². The lowest BCUT2D eigenvalue weighted by molar-refractivity contribution is -0.115. The Morgan fingerprint density at radius 3 is 2.22 bits per heavy atom. The summed E-state index contributed by atoms with van der Waals surface area (Å²) >= 11 is 2.86. The molecule has 0 saturated carbocycles. The summed E-state index contributed by atoms with van der Waals surface area (Å²) in [5, 5.41) is 10.8. The summed E-state index contributed by atoms with van der Waals surface area (Å²) in [6.07, 6.45) is 1.69. The van der Waals surface area contributed by atoms with Gasteiger partial charge in [0.05, 0.1) is 10.9 Å². The second-order valence-corrected chi connectivity index (χ2v) is 14.1. The molecule has 1 heterocycles. The molecule has 1 unspecified atom stereocenters. The largest absolute Gasteiger partial charge is 0.321 e. The first-order valence-electron chi connectivity index (χ1n) is 15.7. The van der Waals surface area contributed by atoms with Crippen molar-refractivity contribution < 1.29 is 14.4 Å². The monoisotopic (exact) mass is 682 g/mol. The van der Waals surface area contributed by atoms with Gasteiger partial charge in [-0.3, -0.25) is 14.4 Å². The molecule has 0 bridgehead atoms. The number of carbonyl (C=O) groups excluding carboxylic acids is 3. The molecule has 49 heavy (non-hydrogen) atoms. The van der Waals surface area contributed by atoms with Crippen LogP contribution in [0.1, 0.15) is 33.3 Å². The van der Waals surface area contributed by atoms with E-state index in [9.17, 15) is 14.4 Å². The van der Waals surface area contributed by atoms with Crippen LogP contribution in [0.4, 0.5) is 10.8 Å². The smallest absolute Gasteiger partial charge is 0.272 e. The molecule has 5 aromatic carbocycles. The van der Waals surface area contributed by atoms with Crippen LogP contribution in [-0.4, -0.2) is 28.0 Å². The van der Waals surface area contributed by atoms with Gasteiger partial charge < -0.3 is 16.0 Å². The van der Waals surface area contributed by atoms with Gasteiger partial charge in [0, 0.05) is 26.6 Å². The maximum absolute atomic E-state index is 13.6. The number of aromatic nitrogens is 1. The van der Waals surface area contributed by atoms with Crippen LogP contribution >= 0.6 is 23.1 Å². The van der Waals surface area contributed by atoms with E-state index in [-0.39, 0.29) is 17.5 Å². The summed E-state index contributed by atoms with van der Waals surface area (Å²) in [6.45, 7) is 5.89. The lowest BCUT2D eigenvalue weighted by atomic mass is 10.0. The Kier molecular flexibility index (Phi) is 10.3. The van der Waals surface area contributed by atoms with Gasteiger partial charge in [-0.15, -0.1) is 23.1 Å². The maximum atomic E-state index is 13.6. The van der Waals surface area contributed by atoms with E-state index in [1.54, 1.807) is 42.5 Å². The summed E-state index contributed by atoms with van der Waals surface area (Å²) in [4.78, 5) is 46.4. The molecular formula is C40H34N4O3S2. The normalized spacial score (nSPS) is 11.9. The molecule has 0 spiro atoms. The van der Waals surface area contributed by atoms with Crippen molar-refractivity contribution in [3.8, 4) is 11.3 Å². The lowest BCUT2D eigenvalue weighted by Gasteiger charge is -2.13. The molecule has 3 N–H and O–H groups in total. The molecule has 9 heteroatoms. The van der Waals surface area contributed by atoms with Crippen molar-refractivity contribution in [2.45, 2.75) is 30.9 Å². The summed E-state index contributed by atoms with van der Waals surface area (Å²) in [7, 11) is 0. The van der Waals surface area contributed by atoms with E-state index < -0.39 is 11.2 Å². The highest BCUT2D eigenvalue weighted by Crippen LogP contribution is 2.32. The number of amides is 3. The van der Waals surface area contributed by atoms with Crippen molar-refractivity contribution in [3.05, 3.63) is 149 Å². The molecule has 1 atom stereocenters. The van der Waals surface area contributed by atoms with Crippen LogP contribution in [0, 0.1) is 13.8 Å². The quantitative estimate of drug-likeness (QED) is 0.0989. The zero-order chi connectivity index (χ0) is 34.3. The standard InChI is InChI=1S/C40H34N4O3S2/c1-25-16-18-29(19-17-25)36-26(2)49-40(43-36)44-37(45)27(3)48-33-22-20-32(21-23-33)41-39(47)35(42-38(46)30-11-5-4-6-12-30)24-31-14-9-13-28-10-7-8-15-34(28)31/h4-24,27H,1-3H3,(H,41,47)(H,42,46)(H,43,44,45)/b35-24-. The number of carbonyl (C=O) groups is 3. The third kappa shape index (κ3) is 8.32. The first kappa shape index (κ1) is 33.4. The first-order chi connectivity index (χ1) is 23.7. The second kappa shape index (κ2) is 15.1. The van der Waals surface area contributed by atoms with Crippen LogP contribution in [0.15, 0.2) is 132 Å². The Hall–Kier alpha value is -5.51. The van der Waals surface area contributed by atoms with Crippen LogP contribution in [-0.2, 0) is 9.59 Å². The van der Waals surface area contributed by atoms with Crippen LogP contribution < -0.4 is 16.0 Å². The molecule has 1 aromatic heterocycles. The van der Waals surface area contributed by atoms with E-state index in [2.05, 4.69) is 20.9 Å². The molecular weight excluding hydrogens is 649 g/mol. The minimum atomic E-state index is -0.464. The van der Waals surface area contributed by atoms with Gasteiger partial charge in [0.2, 0.25) is 5.91 Å². The third-order valence-corrected chi connectivity index (χ3v) is 9.80. The zero-order valence-electron chi connectivity index (χ0n) is 27.2. The number of benzene rings is 5. The first-order valence-corrected chi connectivity index (χ1v) is 17.4. The van der Waals surface area contributed by atoms with Gasteiger partial charge in [0.1, 0.15) is 5.70 Å². The molecule has 0 aliphatic heterocycles. The highest BCUT2D eigenvalue weighted by molar-refractivity contribution is 8.00. The number of hydrogen-bond acceptors (Lipinski definition) is 6. The van der Waals surface area contributed by atoms with E-state index in [4.69, 9.17) is 0 Å². The fraction of sp³-hybridized carbons (Fsp3) is 0.100. The summed E-state index contributed by atoms with van der Waals surface area (Å²) < 4.78 is 0. The highest BCUT2D eigenvalue weighted by Gasteiger charge is 2.19. The van der Waals surface area contributed by atoms with Gasteiger partial charge in [0.25, 0.3) is 11.8 Å². The van der Waals surface area contributed by atoms with Crippen molar-refractivity contribution in [1.82, 2.24) is 10.3 Å². The number of thioether (sulfide) groups is 1. The Morgan fingerprint density at radius 1 is 0.776 bits per heavy atom. The van der Waals surface area contributed by atoms with Gasteiger partial charge in [-0.2, -0.15) is 0 Å². The van der Waals surface area contributed by atoms with Crippen molar-refractivity contribution in [1.29, 1.82) is 0 Å². The van der Waals surface area contributed by atoms with Crippen LogP contribution in [0.5, 0.6) is 0 Å². The number of anilines is 2. The summed E-state index contributed by atoms with van der Waals surface area (Å²) in [5.41, 5.74) is 4.96. The maximum Gasteiger partial charge on any atom is 0.272 e. The van der Waals surface area contributed by atoms with Crippen LogP contribution in [0.25, 0.3) is 28.1 Å². The Morgan fingerprint density at radius 2 is 1.47 bits per heavy atom. The van der Waals surface area contributed by atoms with Crippen LogP contribution in [0.3, 0.4) is 0 Å². The predicted octanol–water partition coefficient (Wildman–Crippen LogP) is 9.11. The van der Waals surface area contributed by atoms with Gasteiger partial charge >= 0.3 is 0 Å². The Balaban J connectivity index is 1.13. The average Bonchev–Trinajstić information content (AvgIpc) is 3.48. The Labute approximate surface area is 293 Å². The van der Waals surface area contributed by atoms with E-state index in [0.717, 1.165) is 37.4 Å². The zero-order valence-corrected chi connectivity index (χ0v) is 28.8. The molecule has 6 aromatic rings. The van der Waals surface area contributed by atoms with E-state index >= 15 is 0 Å². The molecule has 3 amide bonds. The molecule has 6 rings (SSSR count). The number of thiazole rings is 1. The van der Waals surface area contributed by atoms with Crippen LogP contribution in [0.2, 0.25) is 0 Å². The third-order valence-electron chi connectivity index (χ3n) is 7.80. The fourth-order valence-corrected chi connectivity index (χ4v) is 6.89. The molecule has 244 valence electrons. The molecule has 0 radical (unpaired) electrons. The predicted molar refractivity (Wildman–Crippen MR) is 202 cm³/mol. The molecule has 0 saturated heterocycles. The molecule has 0 aliphatic rings. The SMILES string of the molecule is Cc1ccc(-c2nc(NC(=O)C(C)Sc3ccc(NC(=O)/C(=C/c4cccc5ccccc45)NC(=O)c4ccccc4)cc3)sc2C)cc1.